The molecule has 0 amide bonds. The van der Waals surface area contributed by atoms with Gasteiger partial charge >= 0.3 is 18.5 Å². The van der Waals surface area contributed by atoms with Gasteiger partial charge in [0.1, 0.15) is 11.7 Å². The molecule has 1 aromatic rings. The lowest BCUT2D eigenvalue weighted by molar-refractivity contribution is -0.138. The zero-order valence-corrected chi connectivity index (χ0v) is 16.1. The van der Waals surface area contributed by atoms with Crippen molar-refractivity contribution < 1.29 is 41.7 Å². The van der Waals surface area contributed by atoms with Gasteiger partial charge in [0, 0.05) is 5.33 Å². The van der Waals surface area contributed by atoms with E-state index in [9.17, 15) is 22.8 Å². The Labute approximate surface area is 165 Å². The number of ether oxygens (including phenoxy) is 4. The van der Waals surface area contributed by atoms with Crippen LogP contribution in [0.5, 0.6) is 0 Å². The van der Waals surface area contributed by atoms with Crippen molar-refractivity contribution in [2.24, 2.45) is 5.10 Å². The molecular weight excluding hydrogens is 453 g/mol. The normalized spacial score (nSPS) is 16.6. The molecule has 1 atom stereocenters. The molecule has 0 saturated carbocycles. The van der Waals surface area contributed by atoms with Gasteiger partial charge in [-0.3, -0.25) is 5.43 Å². The quantitative estimate of drug-likeness (QED) is 0.533. The Kier molecular flexibility index (Phi) is 6.89. The second-order valence-electron chi connectivity index (χ2n) is 5.17. The topological polar surface area (TPSA) is 95.5 Å². The SMILES string of the molecule is COC(=O)OC1=NNC(CBr)=C(OC(=O)OC)C1c1ccccc1C(F)(F)F. The maximum absolute atomic E-state index is 13.5. The minimum Gasteiger partial charge on any atom is -0.437 e. The van der Waals surface area contributed by atoms with Gasteiger partial charge in [0.05, 0.1) is 25.5 Å². The fourth-order valence-corrected chi connectivity index (χ4v) is 2.77. The van der Waals surface area contributed by atoms with Crippen molar-refractivity contribution in [1.82, 2.24) is 5.43 Å². The van der Waals surface area contributed by atoms with Crippen LogP contribution in [0.4, 0.5) is 22.8 Å². The Morgan fingerprint density at radius 1 is 1.14 bits per heavy atom. The van der Waals surface area contributed by atoms with E-state index in [1.165, 1.54) is 12.1 Å². The van der Waals surface area contributed by atoms with Crippen molar-refractivity contribution in [3.05, 3.63) is 46.8 Å². The van der Waals surface area contributed by atoms with Gasteiger partial charge in [-0.05, 0) is 11.6 Å². The number of carbonyl (C=O) groups excluding carboxylic acids is 2. The lowest BCUT2D eigenvalue weighted by Gasteiger charge is -2.28. The van der Waals surface area contributed by atoms with Crippen molar-refractivity contribution in [1.29, 1.82) is 0 Å². The molecule has 0 fully saturated rings. The number of alkyl halides is 4. The van der Waals surface area contributed by atoms with Crippen LogP contribution in [0.2, 0.25) is 0 Å². The number of rotatable bonds is 3. The second kappa shape index (κ2) is 8.95. The van der Waals surface area contributed by atoms with Crippen LogP contribution in [0.15, 0.2) is 40.8 Å². The summed E-state index contributed by atoms with van der Waals surface area (Å²) in [5, 5.41) is 3.83. The maximum atomic E-state index is 13.5. The molecule has 0 spiro atoms. The first-order chi connectivity index (χ1) is 13.2. The molecule has 0 radical (unpaired) electrons. The third kappa shape index (κ3) is 4.74. The number of carbonyl (C=O) groups is 2. The monoisotopic (exact) mass is 466 g/mol. The highest BCUT2D eigenvalue weighted by Crippen LogP contribution is 2.40. The molecule has 1 aliphatic rings. The number of allylic oxidation sites excluding steroid dienone is 1. The van der Waals surface area contributed by atoms with Crippen LogP contribution in [0.25, 0.3) is 0 Å². The summed E-state index contributed by atoms with van der Waals surface area (Å²) < 4.78 is 59.4. The molecule has 1 N–H and O–H groups in total. The van der Waals surface area contributed by atoms with E-state index >= 15 is 0 Å². The summed E-state index contributed by atoms with van der Waals surface area (Å²) in [5.74, 6) is -2.27. The van der Waals surface area contributed by atoms with Crippen LogP contribution >= 0.6 is 15.9 Å². The molecule has 0 bridgehead atoms. The van der Waals surface area contributed by atoms with Gasteiger partial charge in [-0.25, -0.2) is 9.59 Å². The zero-order chi connectivity index (χ0) is 20.9. The summed E-state index contributed by atoms with van der Waals surface area (Å²) in [6.45, 7) is 0. The molecule has 2 rings (SSSR count). The predicted molar refractivity (Wildman–Crippen MR) is 92.6 cm³/mol. The van der Waals surface area contributed by atoms with Crippen molar-refractivity contribution in [3.63, 3.8) is 0 Å². The zero-order valence-electron chi connectivity index (χ0n) is 14.5. The van der Waals surface area contributed by atoms with Gasteiger partial charge in [0.25, 0.3) is 0 Å². The van der Waals surface area contributed by atoms with E-state index in [2.05, 4.69) is 35.9 Å². The van der Waals surface area contributed by atoms with Crippen molar-refractivity contribution in [3.8, 4) is 0 Å². The molecule has 1 aliphatic heterocycles. The van der Waals surface area contributed by atoms with E-state index in [4.69, 9.17) is 9.47 Å². The minimum atomic E-state index is -4.73. The van der Waals surface area contributed by atoms with E-state index in [0.29, 0.717) is 0 Å². The number of halogens is 4. The van der Waals surface area contributed by atoms with Crippen LogP contribution in [0, 0.1) is 0 Å². The van der Waals surface area contributed by atoms with Gasteiger partial charge in [-0.1, -0.05) is 34.1 Å². The van der Waals surface area contributed by atoms with Gasteiger partial charge in [0.15, 0.2) is 0 Å². The van der Waals surface area contributed by atoms with Crippen molar-refractivity contribution in [2.45, 2.75) is 12.1 Å². The molecule has 1 unspecified atom stereocenters. The number of nitrogens with zero attached hydrogens (tertiary/aromatic N) is 1. The average molecular weight is 467 g/mol. The highest BCUT2D eigenvalue weighted by atomic mass is 79.9. The Hall–Kier alpha value is -2.76. The van der Waals surface area contributed by atoms with Crippen LogP contribution in [0.1, 0.15) is 17.0 Å². The first-order valence-electron chi connectivity index (χ1n) is 7.53. The van der Waals surface area contributed by atoms with E-state index in [-0.39, 0.29) is 22.3 Å². The Morgan fingerprint density at radius 2 is 1.75 bits per heavy atom. The third-order valence-corrected chi connectivity index (χ3v) is 4.09. The minimum absolute atomic E-state index is 0.0407. The number of nitrogens with one attached hydrogen (secondary N) is 1. The van der Waals surface area contributed by atoms with Gasteiger partial charge in [-0.2, -0.15) is 13.2 Å². The number of benzene rings is 1. The maximum Gasteiger partial charge on any atom is 0.514 e. The van der Waals surface area contributed by atoms with Crippen LogP contribution in [-0.4, -0.2) is 37.8 Å². The van der Waals surface area contributed by atoms with Crippen molar-refractivity contribution in [2.75, 3.05) is 19.5 Å². The van der Waals surface area contributed by atoms with E-state index in [1.807, 2.05) is 0 Å². The summed E-state index contributed by atoms with van der Waals surface area (Å²) in [6.07, 6.45) is -7.12. The number of hydrogen-bond acceptors (Lipinski definition) is 8. The summed E-state index contributed by atoms with van der Waals surface area (Å²) in [7, 11) is 2.05. The Balaban J connectivity index is 2.66. The van der Waals surface area contributed by atoms with Gasteiger partial charge < -0.3 is 18.9 Å². The molecular formula is C16H14BrF3N2O6. The molecule has 1 heterocycles. The van der Waals surface area contributed by atoms with Gasteiger partial charge in [-0.15, -0.1) is 5.10 Å². The molecule has 0 aliphatic carbocycles. The molecule has 8 nitrogen and oxygen atoms in total. The number of hydrazone groups is 1. The lowest BCUT2D eigenvalue weighted by Crippen LogP contribution is -2.34. The summed E-state index contributed by atoms with van der Waals surface area (Å²) in [6, 6.07) is 4.55. The first kappa shape index (κ1) is 21.5. The largest absolute Gasteiger partial charge is 0.514 e. The third-order valence-electron chi connectivity index (χ3n) is 3.53. The van der Waals surface area contributed by atoms with Crippen LogP contribution in [-0.2, 0) is 25.1 Å². The van der Waals surface area contributed by atoms with E-state index < -0.39 is 35.9 Å². The fraction of sp³-hybridized carbons (Fsp3) is 0.312. The molecule has 12 heteroatoms. The molecule has 1 aromatic carbocycles. The van der Waals surface area contributed by atoms with Crippen molar-refractivity contribution >= 4 is 34.1 Å². The Bertz CT molecular complexity index is 825. The number of methoxy groups -OCH3 is 2. The van der Waals surface area contributed by atoms with Crippen LogP contribution in [0.3, 0.4) is 0 Å². The summed E-state index contributed by atoms with van der Waals surface area (Å²) >= 11 is 3.13. The lowest BCUT2D eigenvalue weighted by atomic mass is 9.90. The number of hydrogen-bond donors (Lipinski definition) is 1. The molecule has 28 heavy (non-hydrogen) atoms. The highest BCUT2D eigenvalue weighted by molar-refractivity contribution is 9.09. The molecule has 0 aromatic heterocycles. The summed E-state index contributed by atoms with van der Waals surface area (Å²) in [4.78, 5) is 23.2. The Morgan fingerprint density at radius 3 is 2.32 bits per heavy atom. The van der Waals surface area contributed by atoms with Crippen LogP contribution < -0.4 is 5.43 Å². The average Bonchev–Trinajstić information content (AvgIpc) is 2.67. The standard InChI is InChI=1S/C16H14BrF3N2O6/c1-25-14(23)27-12-10(7-17)21-22-13(28-15(24)26-2)11(12)8-5-3-4-6-9(8)16(18,19)20/h3-6,11,21H,7H2,1-2H3. The van der Waals surface area contributed by atoms with Gasteiger partial charge in [0.2, 0.25) is 5.90 Å². The highest BCUT2D eigenvalue weighted by Gasteiger charge is 2.42. The smallest absolute Gasteiger partial charge is 0.437 e. The van der Waals surface area contributed by atoms with E-state index in [1.54, 1.807) is 0 Å². The summed E-state index contributed by atoms with van der Waals surface area (Å²) in [5.41, 5.74) is 1.21. The molecule has 0 saturated heterocycles. The predicted octanol–water partition coefficient (Wildman–Crippen LogP) is 3.88. The first-order valence-corrected chi connectivity index (χ1v) is 8.65. The fourth-order valence-electron chi connectivity index (χ4n) is 2.37. The van der Waals surface area contributed by atoms with E-state index in [0.717, 1.165) is 26.4 Å². The molecule has 152 valence electrons. The second-order valence-corrected chi connectivity index (χ2v) is 5.73.